The fourth-order valence-electron chi connectivity index (χ4n) is 5.56. The van der Waals surface area contributed by atoms with Crippen molar-refractivity contribution in [2.45, 2.75) is 32.1 Å². The molecule has 1 aliphatic rings. The van der Waals surface area contributed by atoms with Crippen LogP contribution in [0.5, 0.6) is 5.75 Å². The summed E-state index contributed by atoms with van der Waals surface area (Å²) in [5, 5.41) is 13.2. The molecule has 1 aromatic heterocycles. The number of nitrogens with zero attached hydrogens (tertiary/aromatic N) is 3. The topological polar surface area (TPSA) is 90.0 Å². The molecule has 3 N–H and O–H groups in total. The van der Waals surface area contributed by atoms with Crippen molar-refractivity contribution in [3.8, 4) is 5.75 Å². The van der Waals surface area contributed by atoms with Crippen LogP contribution in [0.15, 0.2) is 36.5 Å². The molecule has 40 heavy (non-hydrogen) atoms. The summed E-state index contributed by atoms with van der Waals surface area (Å²) in [6.45, 7) is 1.91. The fraction of sp³-hybridized carbons (Fsp3) is 0.448. The lowest BCUT2D eigenvalue weighted by Gasteiger charge is -2.40. The molecule has 3 aromatic rings. The number of aryl methyl sites for hydroxylation is 1. The Morgan fingerprint density at radius 1 is 1.15 bits per heavy atom. The summed E-state index contributed by atoms with van der Waals surface area (Å²) >= 11 is 0. The van der Waals surface area contributed by atoms with E-state index in [1.165, 1.54) is 0 Å². The summed E-state index contributed by atoms with van der Waals surface area (Å²) in [6, 6.07) is 7.07. The van der Waals surface area contributed by atoms with Crippen LogP contribution in [0.1, 0.15) is 31.2 Å². The SMILES string of the molecule is COc1ccc2ncc(N(C)C)c(CCCC3(C(=O)NO)CCN(CCNc4c(F)cc(F)cc4F)CC3)c2c1. The molecule has 0 unspecified atom stereocenters. The van der Waals surface area contributed by atoms with Gasteiger partial charge in [0.1, 0.15) is 17.3 Å². The average molecular weight is 560 g/mol. The van der Waals surface area contributed by atoms with Gasteiger partial charge in [-0.1, -0.05) is 0 Å². The number of piperidine rings is 1. The van der Waals surface area contributed by atoms with Crippen molar-refractivity contribution in [3.63, 3.8) is 0 Å². The number of hydrogen-bond donors (Lipinski definition) is 3. The van der Waals surface area contributed by atoms with E-state index >= 15 is 0 Å². The van der Waals surface area contributed by atoms with Gasteiger partial charge < -0.3 is 19.9 Å². The molecule has 0 atom stereocenters. The van der Waals surface area contributed by atoms with Gasteiger partial charge in [0.15, 0.2) is 11.6 Å². The third-order valence-corrected chi connectivity index (χ3v) is 7.86. The van der Waals surface area contributed by atoms with Crippen molar-refractivity contribution >= 4 is 28.2 Å². The molecule has 1 saturated heterocycles. The predicted octanol–water partition coefficient (Wildman–Crippen LogP) is 4.75. The molecular formula is C29H36F3N5O3. The standard InChI is InChI=1S/C29H36F3N5O3/c1-36(2)26-18-34-25-7-6-20(40-3)17-22(25)21(26)5-4-8-29(28(38)35-39)9-12-37(13-10-29)14-11-33-27-23(31)15-19(30)16-24(27)32/h6-7,15-18,33,39H,4-5,8-14H2,1-3H3,(H,35,38). The Kier molecular flexibility index (Phi) is 9.36. The number of halogens is 3. The maximum absolute atomic E-state index is 13.9. The Labute approximate surface area is 232 Å². The molecule has 216 valence electrons. The van der Waals surface area contributed by atoms with Gasteiger partial charge in [0.05, 0.1) is 29.9 Å². The second kappa shape index (κ2) is 12.7. The predicted molar refractivity (Wildman–Crippen MR) is 148 cm³/mol. The number of ether oxygens (including phenoxy) is 1. The fourth-order valence-corrected chi connectivity index (χ4v) is 5.56. The maximum atomic E-state index is 13.9. The lowest BCUT2D eigenvalue weighted by Crippen LogP contribution is -2.49. The largest absolute Gasteiger partial charge is 0.497 e. The number of carbonyl (C=O) groups excluding carboxylic acids is 1. The van der Waals surface area contributed by atoms with Crippen molar-refractivity contribution < 1.29 is 27.9 Å². The van der Waals surface area contributed by atoms with Crippen molar-refractivity contribution in [1.82, 2.24) is 15.4 Å². The summed E-state index contributed by atoms with van der Waals surface area (Å²) in [5.41, 5.74) is 3.78. The van der Waals surface area contributed by atoms with Gasteiger partial charge >= 0.3 is 0 Å². The Morgan fingerprint density at radius 2 is 1.85 bits per heavy atom. The first-order valence-electron chi connectivity index (χ1n) is 13.4. The average Bonchev–Trinajstić information content (AvgIpc) is 2.94. The minimum atomic E-state index is -0.979. The van der Waals surface area contributed by atoms with Gasteiger partial charge in [-0.2, -0.15) is 0 Å². The zero-order chi connectivity index (χ0) is 28.9. The van der Waals surface area contributed by atoms with Crippen molar-refractivity contribution in [2.24, 2.45) is 5.41 Å². The Morgan fingerprint density at radius 3 is 2.48 bits per heavy atom. The zero-order valence-corrected chi connectivity index (χ0v) is 23.1. The summed E-state index contributed by atoms with van der Waals surface area (Å²) in [5.74, 6) is -2.57. The summed E-state index contributed by atoms with van der Waals surface area (Å²) < 4.78 is 46.4. The molecule has 0 saturated carbocycles. The number of aromatic nitrogens is 1. The third-order valence-electron chi connectivity index (χ3n) is 7.86. The molecular weight excluding hydrogens is 523 g/mol. The molecule has 1 aliphatic heterocycles. The first-order valence-corrected chi connectivity index (χ1v) is 13.4. The van der Waals surface area contributed by atoms with E-state index in [2.05, 4.69) is 15.2 Å². The summed E-state index contributed by atoms with van der Waals surface area (Å²) in [4.78, 5) is 21.6. The Bertz CT molecular complexity index is 1320. The molecule has 0 aliphatic carbocycles. The van der Waals surface area contributed by atoms with E-state index in [0.717, 1.165) is 34.3 Å². The minimum Gasteiger partial charge on any atom is -0.497 e. The monoisotopic (exact) mass is 559 g/mol. The minimum absolute atomic E-state index is 0.255. The second-order valence-electron chi connectivity index (χ2n) is 10.5. The number of fused-ring (bicyclic) bond motifs is 1. The molecule has 8 nitrogen and oxygen atoms in total. The number of anilines is 2. The number of benzene rings is 2. The molecule has 2 aromatic carbocycles. The van der Waals surface area contributed by atoms with Crippen LogP contribution >= 0.6 is 0 Å². The molecule has 0 spiro atoms. The van der Waals surface area contributed by atoms with E-state index in [1.807, 2.05) is 48.9 Å². The summed E-state index contributed by atoms with van der Waals surface area (Å²) in [7, 11) is 5.57. The van der Waals surface area contributed by atoms with Crippen molar-refractivity contribution in [1.29, 1.82) is 0 Å². The molecule has 1 amide bonds. The number of rotatable bonds is 11. The zero-order valence-electron chi connectivity index (χ0n) is 23.1. The lowest BCUT2D eigenvalue weighted by molar-refractivity contribution is -0.143. The van der Waals surface area contributed by atoms with Crippen LogP contribution in [0.25, 0.3) is 10.9 Å². The second-order valence-corrected chi connectivity index (χ2v) is 10.5. The lowest BCUT2D eigenvalue weighted by atomic mass is 9.73. The van der Waals surface area contributed by atoms with E-state index in [1.54, 1.807) is 7.11 Å². The first-order chi connectivity index (χ1) is 19.2. The Hall–Kier alpha value is -3.57. The van der Waals surface area contributed by atoms with Crippen molar-refractivity contribution in [2.75, 3.05) is 57.6 Å². The third kappa shape index (κ3) is 6.42. The first kappa shape index (κ1) is 29.4. The van der Waals surface area contributed by atoms with Gasteiger partial charge in [0, 0.05) is 44.7 Å². The van der Waals surface area contributed by atoms with Crippen LogP contribution in [0.3, 0.4) is 0 Å². The van der Waals surface area contributed by atoms with E-state index in [-0.39, 0.29) is 12.2 Å². The number of methoxy groups -OCH3 is 1. The number of hydroxylamine groups is 1. The van der Waals surface area contributed by atoms with Crippen LogP contribution in [-0.4, -0.2) is 68.4 Å². The van der Waals surface area contributed by atoms with E-state index in [0.29, 0.717) is 57.5 Å². The van der Waals surface area contributed by atoms with Crippen molar-refractivity contribution in [3.05, 3.63) is 59.5 Å². The van der Waals surface area contributed by atoms with Gasteiger partial charge in [-0.05, 0) is 69.0 Å². The highest BCUT2D eigenvalue weighted by molar-refractivity contribution is 5.88. The van der Waals surface area contributed by atoms with Crippen LogP contribution in [0.4, 0.5) is 24.5 Å². The highest BCUT2D eigenvalue weighted by Gasteiger charge is 2.40. The number of carbonyl (C=O) groups is 1. The van der Waals surface area contributed by atoms with E-state index in [4.69, 9.17) is 4.74 Å². The molecule has 0 radical (unpaired) electrons. The van der Waals surface area contributed by atoms with E-state index in [9.17, 15) is 23.2 Å². The van der Waals surface area contributed by atoms with Gasteiger partial charge in [-0.15, -0.1) is 0 Å². The number of pyridine rings is 1. The van der Waals surface area contributed by atoms with Gasteiger partial charge in [-0.3, -0.25) is 15.0 Å². The smallest absolute Gasteiger partial charge is 0.249 e. The summed E-state index contributed by atoms with van der Waals surface area (Å²) in [6.07, 6.45) is 4.93. The number of hydrogen-bond acceptors (Lipinski definition) is 7. The van der Waals surface area contributed by atoms with Crippen LogP contribution in [0.2, 0.25) is 0 Å². The van der Waals surface area contributed by atoms with Gasteiger partial charge in [0.25, 0.3) is 0 Å². The molecule has 4 rings (SSSR count). The van der Waals surface area contributed by atoms with E-state index < -0.39 is 28.8 Å². The van der Waals surface area contributed by atoms with Crippen LogP contribution < -0.4 is 20.4 Å². The van der Waals surface area contributed by atoms with Crippen LogP contribution in [0, 0.1) is 22.9 Å². The number of nitrogens with one attached hydrogen (secondary N) is 2. The quantitative estimate of drug-likeness (QED) is 0.231. The van der Waals surface area contributed by atoms with Crippen LogP contribution in [-0.2, 0) is 11.2 Å². The molecule has 1 fully saturated rings. The normalized spacial score (nSPS) is 15.2. The molecule has 2 heterocycles. The number of likely N-dealkylation sites (tertiary alicyclic amines) is 1. The maximum Gasteiger partial charge on any atom is 0.249 e. The van der Waals surface area contributed by atoms with Gasteiger partial charge in [-0.25, -0.2) is 18.7 Å². The Balaban J connectivity index is 1.40. The molecule has 11 heteroatoms. The highest BCUT2D eigenvalue weighted by Crippen LogP contribution is 2.38. The molecule has 0 bridgehead atoms. The highest BCUT2D eigenvalue weighted by atomic mass is 19.1. The number of amides is 1. The van der Waals surface area contributed by atoms with Gasteiger partial charge in [0.2, 0.25) is 5.91 Å².